The summed E-state index contributed by atoms with van der Waals surface area (Å²) in [7, 11) is 0. The van der Waals surface area contributed by atoms with Crippen LogP contribution in [0.2, 0.25) is 0 Å². The Morgan fingerprint density at radius 3 is 2.03 bits per heavy atom. The Morgan fingerprint density at radius 2 is 1.36 bits per heavy atom. The first kappa shape index (κ1) is 51.5. The fraction of sp³-hybridized carbons (Fsp3) is 0.339. The number of rotatable bonds is 12. The average molecular weight is 1060 g/mol. The number of hydrogen-bond acceptors (Lipinski definition) is 5. The molecule has 5 aromatic carbocycles. The normalized spacial score (nSPS) is 11.7. The zero-order chi connectivity index (χ0) is 46.9. The van der Waals surface area contributed by atoms with Crippen LogP contribution in [0.3, 0.4) is 0 Å². The number of nitrogens with zero attached hydrogens (tertiary/aromatic N) is 2. The van der Waals surface area contributed by atoms with Gasteiger partial charge in [-0.15, -0.1) is 52.6 Å². The van der Waals surface area contributed by atoms with E-state index in [-0.39, 0.29) is 49.3 Å². The molecule has 1 N–H and O–H groups in total. The number of carbonyl (C=O) groups is 1. The third kappa shape index (κ3) is 11.9. The summed E-state index contributed by atoms with van der Waals surface area (Å²) < 4.78 is 21.4. The number of allylic oxidation sites excluding steroid dienone is 2. The van der Waals surface area contributed by atoms with E-state index >= 15 is 4.39 Å². The number of fused-ring (bicyclic) bond motifs is 5. The molecule has 3 aromatic heterocycles. The zero-order valence-corrected chi connectivity index (χ0v) is 42.9. The molecule has 0 saturated heterocycles. The van der Waals surface area contributed by atoms with E-state index < -0.39 is 0 Å². The third-order valence-electron chi connectivity index (χ3n) is 12.3. The van der Waals surface area contributed by atoms with Crippen LogP contribution < -0.4 is 0 Å². The van der Waals surface area contributed by atoms with Gasteiger partial charge in [0.1, 0.15) is 11.4 Å². The number of aliphatic hydroxyl groups is 1. The van der Waals surface area contributed by atoms with Gasteiger partial charge in [0, 0.05) is 61.2 Å². The van der Waals surface area contributed by atoms with Crippen LogP contribution in [0.15, 0.2) is 114 Å². The summed E-state index contributed by atoms with van der Waals surface area (Å²) in [5.41, 5.74) is 10.6. The minimum absolute atomic E-state index is 0. The van der Waals surface area contributed by atoms with Gasteiger partial charge >= 0.3 is 0 Å². The Kier molecular flexibility index (Phi) is 18.2. The summed E-state index contributed by atoms with van der Waals surface area (Å²) >= 11 is 0. The molecule has 8 rings (SSSR count). The van der Waals surface area contributed by atoms with E-state index in [1.54, 1.807) is 12.3 Å². The molecular formula is C59H65FIrN2O3-2. The fourth-order valence-corrected chi connectivity index (χ4v) is 8.70. The SMILES string of the molecule is CCC(CC)C(=O)/C=C(\O)C(CC)CC.Cc1[c-]c(-c2nccc3c(F)c(CC(C)C)ccc23)c2oc3ccccc3c2c1.Cc1[c-]c(-c2nccc3cc(C(C)C)ccc23)cc(C)c1.[Ir]. The van der Waals surface area contributed by atoms with Crippen molar-refractivity contribution in [2.45, 2.75) is 114 Å². The minimum atomic E-state index is -0.159. The molecule has 5 nitrogen and oxygen atoms in total. The average Bonchev–Trinajstić information content (AvgIpc) is 3.65. The molecule has 0 amide bonds. The van der Waals surface area contributed by atoms with Gasteiger partial charge in [0.15, 0.2) is 5.78 Å². The first-order valence-electron chi connectivity index (χ1n) is 23.4. The third-order valence-corrected chi connectivity index (χ3v) is 12.3. The van der Waals surface area contributed by atoms with E-state index in [0.717, 1.165) is 86.5 Å². The van der Waals surface area contributed by atoms with Gasteiger partial charge in [-0.05, 0) is 101 Å². The van der Waals surface area contributed by atoms with E-state index in [2.05, 4.69) is 112 Å². The van der Waals surface area contributed by atoms with Crippen LogP contribution in [0, 0.1) is 56.5 Å². The summed E-state index contributed by atoms with van der Waals surface area (Å²) in [4.78, 5) is 20.9. The van der Waals surface area contributed by atoms with Crippen LogP contribution in [0.25, 0.3) is 66.0 Å². The molecule has 1 radical (unpaired) electrons. The van der Waals surface area contributed by atoms with Gasteiger partial charge in [-0.25, -0.2) is 4.39 Å². The molecule has 3 heterocycles. The fourth-order valence-electron chi connectivity index (χ4n) is 8.70. The summed E-state index contributed by atoms with van der Waals surface area (Å²) in [5.74, 6) is 1.32. The van der Waals surface area contributed by atoms with Crippen molar-refractivity contribution >= 4 is 49.3 Å². The number of ketones is 1. The van der Waals surface area contributed by atoms with E-state index in [1.165, 1.54) is 28.0 Å². The molecule has 0 unspecified atom stereocenters. The molecule has 0 atom stereocenters. The molecule has 0 bridgehead atoms. The van der Waals surface area contributed by atoms with Gasteiger partial charge in [0.05, 0.1) is 11.3 Å². The summed E-state index contributed by atoms with van der Waals surface area (Å²) in [5, 5.41) is 15.7. The number of carbonyl (C=O) groups excluding carboxylic acids is 1. The standard InChI is InChI=1S/C26H21FNO.C20H20N.C13H24O2.Ir/c1-15(2)12-17-8-9-20-19(24(17)27)10-11-28-25(20)22-14-16(3)13-21-18-6-4-5-7-23(18)29-26(21)22;1-13(2)16-5-6-19-17(12-16)7-8-21-20(19)18-10-14(3)9-15(4)11-18;1-5-10(6-2)12(14)9-13(15)11(7-3)8-4;/h4-11,13,15H,12H2,1-3H3;5-10,12-13H,1-4H3;9-11,14H,5-8H2,1-4H3;/q2*-1;;/b;;12-9-;. The number of aliphatic hydroxyl groups excluding tert-OH is 1. The number of aryl methyl sites for hydroxylation is 3. The Hall–Kier alpha value is -5.49. The molecule has 347 valence electrons. The van der Waals surface area contributed by atoms with Crippen LogP contribution in [-0.4, -0.2) is 20.9 Å². The van der Waals surface area contributed by atoms with E-state index in [0.29, 0.717) is 29.3 Å². The number of hydrogen-bond donors (Lipinski definition) is 1. The van der Waals surface area contributed by atoms with Gasteiger partial charge in [-0.2, -0.15) is 0 Å². The van der Waals surface area contributed by atoms with Crippen molar-refractivity contribution in [3.63, 3.8) is 0 Å². The van der Waals surface area contributed by atoms with Gasteiger partial charge < -0.3 is 19.5 Å². The second-order valence-electron chi connectivity index (χ2n) is 18.1. The number of benzene rings is 5. The van der Waals surface area contributed by atoms with Gasteiger partial charge in [-0.1, -0.05) is 136 Å². The predicted molar refractivity (Wildman–Crippen MR) is 270 cm³/mol. The number of pyridine rings is 2. The molecule has 0 aliphatic heterocycles. The van der Waals surface area contributed by atoms with Crippen molar-refractivity contribution in [1.29, 1.82) is 0 Å². The second-order valence-corrected chi connectivity index (χ2v) is 18.1. The molecule has 0 aliphatic carbocycles. The van der Waals surface area contributed by atoms with Gasteiger partial charge in [-0.3, -0.25) is 4.79 Å². The van der Waals surface area contributed by atoms with Crippen LogP contribution in [-0.2, 0) is 31.3 Å². The van der Waals surface area contributed by atoms with Crippen LogP contribution in [0.5, 0.6) is 0 Å². The van der Waals surface area contributed by atoms with Gasteiger partial charge in [0.25, 0.3) is 0 Å². The molecular weight excluding hydrogens is 996 g/mol. The number of halogens is 1. The summed E-state index contributed by atoms with van der Waals surface area (Å²) in [6.45, 7) is 22.9. The maximum absolute atomic E-state index is 15.2. The molecule has 66 heavy (non-hydrogen) atoms. The number of furan rings is 1. The van der Waals surface area contributed by atoms with Crippen molar-refractivity contribution < 1.29 is 38.8 Å². The molecule has 0 aliphatic rings. The predicted octanol–water partition coefficient (Wildman–Crippen LogP) is 16.6. The monoisotopic (exact) mass is 1060 g/mol. The Balaban J connectivity index is 0.000000196. The maximum Gasteiger partial charge on any atom is 0.162 e. The minimum Gasteiger partial charge on any atom is -0.512 e. The summed E-state index contributed by atoms with van der Waals surface area (Å²) in [6, 6.07) is 35.6. The van der Waals surface area contributed by atoms with Crippen LogP contribution >= 0.6 is 0 Å². The molecule has 0 saturated carbocycles. The first-order chi connectivity index (χ1) is 31.2. The van der Waals surface area contributed by atoms with Crippen LogP contribution in [0.4, 0.5) is 4.39 Å². The van der Waals surface area contributed by atoms with Crippen LogP contribution in [0.1, 0.15) is 115 Å². The molecule has 7 heteroatoms. The smallest absolute Gasteiger partial charge is 0.162 e. The van der Waals surface area contributed by atoms with Crippen molar-refractivity contribution in [2.75, 3.05) is 0 Å². The van der Waals surface area contributed by atoms with Crippen molar-refractivity contribution in [2.24, 2.45) is 17.8 Å². The largest absolute Gasteiger partial charge is 0.512 e. The Morgan fingerprint density at radius 1 is 0.712 bits per heavy atom. The first-order valence-corrected chi connectivity index (χ1v) is 23.4. The van der Waals surface area contributed by atoms with E-state index in [1.807, 2.05) is 71.1 Å². The zero-order valence-electron chi connectivity index (χ0n) is 40.5. The van der Waals surface area contributed by atoms with Gasteiger partial charge in [0.2, 0.25) is 0 Å². The van der Waals surface area contributed by atoms with Crippen molar-refractivity contribution in [3.8, 4) is 22.5 Å². The Labute approximate surface area is 405 Å². The summed E-state index contributed by atoms with van der Waals surface area (Å²) in [6.07, 6.45) is 9.19. The van der Waals surface area contributed by atoms with E-state index in [9.17, 15) is 9.90 Å². The molecule has 8 aromatic rings. The quantitative estimate of drug-likeness (QED) is 0.0749. The van der Waals surface area contributed by atoms with Crippen molar-refractivity contribution in [1.82, 2.24) is 9.97 Å². The van der Waals surface area contributed by atoms with E-state index in [4.69, 9.17) is 4.42 Å². The van der Waals surface area contributed by atoms with Crippen molar-refractivity contribution in [3.05, 3.63) is 155 Å². The molecule has 0 fully saturated rings. The number of aromatic nitrogens is 2. The topological polar surface area (TPSA) is 76.2 Å². The number of para-hydroxylation sites is 1. The molecule has 0 spiro atoms. The Bertz CT molecular complexity index is 2940. The second kappa shape index (κ2) is 23.3. The maximum atomic E-state index is 15.2.